The lowest BCUT2D eigenvalue weighted by Crippen LogP contribution is -2.43. The first-order valence-electron chi connectivity index (χ1n) is 6.36. The van der Waals surface area contributed by atoms with Crippen LogP contribution < -0.4 is 21.6 Å². The van der Waals surface area contributed by atoms with Crippen molar-refractivity contribution in [1.29, 1.82) is 0 Å². The Balaban J connectivity index is 0.00000192. The van der Waals surface area contributed by atoms with Crippen LogP contribution in [0.5, 0.6) is 0 Å². The van der Waals surface area contributed by atoms with Crippen LogP contribution in [0.15, 0.2) is 41.4 Å². The number of halogens is 4. The summed E-state index contributed by atoms with van der Waals surface area (Å²) in [5, 5.41) is 5.27. The number of carbonyl (C=O) groups excluding carboxylic acids is 1. The Morgan fingerprint density at radius 1 is 1.09 bits per heavy atom. The minimum atomic E-state index is -0.981. The average Bonchev–Trinajstić information content (AvgIpc) is 2.56. The highest BCUT2D eigenvalue weighted by molar-refractivity contribution is 6.40. The Labute approximate surface area is 153 Å². The molecule has 0 saturated carbocycles. The number of nitrogens with zero attached hydrogens (tertiary/aromatic N) is 1. The van der Waals surface area contributed by atoms with Crippen LogP contribution in [0.3, 0.4) is 0 Å². The van der Waals surface area contributed by atoms with E-state index in [1.807, 2.05) is 12.1 Å². The summed E-state index contributed by atoms with van der Waals surface area (Å²) in [4.78, 5) is 15.9. The lowest BCUT2D eigenvalue weighted by molar-refractivity contribution is -0.119. The van der Waals surface area contributed by atoms with Crippen LogP contribution in [-0.4, -0.2) is 12.1 Å². The van der Waals surface area contributed by atoms with Gasteiger partial charge in [-0.2, -0.15) is 0 Å². The molecule has 2 aromatic carbocycles. The molecule has 0 bridgehead atoms. The number of para-hydroxylation sites is 1. The highest BCUT2D eigenvalue weighted by Gasteiger charge is 2.21. The molecule has 1 atom stereocenters. The van der Waals surface area contributed by atoms with E-state index in [0.717, 1.165) is 0 Å². The molecule has 120 valence electrons. The van der Waals surface area contributed by atoms with Gasteiger partial charge in [-0.15, -0.1) is 12.4 Å². The van der Waals surface area contributed by atoms with E-state index in [1.165, 1.54) is 0 Å². The molecule has 0 spiro atoms. The molecule has 4 nitrogen and oxygen atoms in total. The van der Waals surface area contributed by atoms with Crippen LogP contribution in [0.1, 0.15) is 5.56 Å². The fourth-order valence-corrected chi connectivity index (χ4v) is 3.26. The summed E-state index contributed by atoms with van der Waals surface area (Å²) in [6.45, 7) is 0. The smallest absolute Gasteiger partial charge is 0.283 e. The van der Waals surface area contributed by atoms with E-state index >= 15 is 0 Å². The van der Waals surface area contributed by atoms with Crippen molar-refractivity contribution in [3.05, 3.63) is 67.6 Å². The molecule has 1 amide bonds. The Morgan fingerprint density at radius 3 is 2.35 bits per heavy atom. The molecule has 8 heteroatoms. The largest absolute Gasteiger partial charge is 0.361 e. The Morgan fingerprint density at radius 2 is 1.70 bits per heavy atom. The predicted molar refractivity (Wildman–Crippen MR) is 94.6 cm³/mol. The average molecular weight is 391 g/mol. The predicted octanol–water partition coefficient (Wildman–Crippen LogP) is 2.26. The van der Waals surface area contributed by atoms with Gasteiger partial charge in [0.15, 0.2) is 6.17 Å². The topological polar surface area (TPSA) is 67.5 Å². The van der Waals surface area contributed by atoms with Crippen molar-refractivity contribution >= 4 is 58.8 Å². The zero-order chi connectivity index (χ0) is 15.9. The maximum atomic E-state index is 11.9. The molecular formula is C15H11Cl4N3O. The zero-order valence-corrected chi connectivity index (χ0v) is 14.6. The van der Waals surface area contributed by atoms with E-state index in [9.17, 15) is 4.79 Å². The first-order chi connectivity index (χ1) is 10.5. The minimum Gasteiger partial charge on any atom is -0.361 e. The highest BCUT2D eigenvalue weighted by Crippen LogP contribution is 2.32. The molecule has 2 aromatic rings. The lowest BCUT2D eigenvalue weighted by atomic mass is 10.1. The summed E-state index contributed by atoms with van der Waals surface area (Å²) in [6.07, 6.45) is -0.981. The number of rotatable bonds is 1. The molecule has 23 heavy (non-hydrogen) atoms. The molecule has 0 fully saturated rings. The summed E-state index contributed by atoms with van der Waals surface area (Å²) < 4.78 is 0. The monoisotopic (exact) mass is 389 g/mol. The van der Waals surface area contributed by atoms with E-state index in [1.54, 1.807) is 24.3 Å². The molecule has 3 N–H and O–H groups in total. The molecule has 0 aliphatic carbocycles. The summed E-state index contributed by atoms with van der Waals surface area (Å²) in [5.74, 6) is -0.469. The second-order valence-corrected chi connectivity index (χ2v) is 5.96. The van der Waals surface area contributed by atoms with Crippen molar-refractivity contribution < 1.29 is 4.79 Å². The van der Waals surface area contributed by atoms with Crippen molar-refractivity contribution in [3.63, 3.8) is 0 Å². The van der Waals surface area contributed by atoms with Crippen molar-refractivity contribution in [3.8, 4) is 0 Å². The van der Waals surface area contributed by atoms with Crippen molar-refractivity contribution in [2.45, 2.75) is 6.17 Å². The van der Waals surface area contributed by atoms with Gasteiger partial charge in [-0.3, -0.25) is 4.79 Å². The Hall–Kier alpha value is -1.30. The zero-order valence-electron chi connectivity index (χ0n) is 11.5. The standard InChI is InChI=1S/C15H10Cl3N3O.ClH/c16-7-5-9(17)12(10(18)6-7)13-8-3-1-2-4-11(8)20-15(22)14(19)21-13;/h1-6,14,21H,19H2;1H. The minimum absolute atomic E-state index is 0. The van der Waals surface area contributed by atoms with Crippen molar-refractivity contribution in [2.75, 3.05) is 0 Å². The molecule has 1 heterocycles. The van der Waals surface area contributed by atoms with Gasteiger partial charge in [0.25, 0.3) is 5.91 Å². The van der Waals surface area contributed by atoms with Gasteiger partial charge in [0.2, 0.25) is 0 Å². The third-order valence-electron chi connectivity index (χ3n) is 3.23. The first-order valence-corrected chi connectivity index (χ1v) is 7.49. The Kier molecular flexibility index (Phi) is 5.55. The second kappa shape index (κ2) is 7.07. The van der Waals surface area contributed by atoms with E-state index < -0.39 is 12.1 Å². The van der Waals surface area contributed by atoms with Crippen LogP contribution in [-0.2, 0) is 4.79 Å². The summed E-state index contributed by atoms with van der Waals surface area (Å²) >= 11 is 18.5. The fraction of sp³-hybridized carbons (Fsp3) is 0.0667. The number of fused-ring (bicyclic) bond motifs is 1. The summed E-state index contributed by atoms with van der Waals surface area (Å²) in [5.41, 5.74) is 6.90. The SMILES string of the molecule is Cl.NC1NC(c2c(Cl)cc(Cl)cc2Cl)=c2ccccc2=NC1=O. The molecular weight excluding hydrogens is 380 g/mol. The molecule has 1 aliphatic rings. The van der Waals surface area contributed by atoms with Crippen LogP contribution in [0, 0.1) is 0 Å². The number of benzene rings is 2. The summed E-state index contributed by atoms with van der Waals surface area (Å²) in [7, 11) is 0. The van der Waals surface area contributed by atoms with Gasteiger partial charge >= 0.3 is 0 Å². The quantitative estimate of drug-likeness (QED) is 0.784. The van der Waals surface area contributed by atoms with Crippen LogP contribution in [0.4, 0.5) is 0 Å². The highest BCUT2D eigenvalue weighted by atomic mass is 35.5. The van der Waals surface area contributed by atoms with E-state index in [4.69, 9.17) is 40.5 Å². The van der Waals surface area contributed by atoms with Gasteiger partial charge in [0.1, 0.15) is 0 Å². The third kappa shape index (κ3) is 3.47. The van der Waals surface area contributed by atoms with Gasteiger partial charge in [0, 0.05) is 15.8 Å². The second-order valence-electron chi connectivity index (χ2n) is 4.71. The first kappa shape index (κ1) is 18.0. The fourth-order valence-electron chi connectivity index (χ4n) is 2.25. The molecule has 0 saturated heterocycles. The van der Waals surface area contributed by atoms with E-state index in [-0.39, 0.29) is 12.4 Å². The Bertz CT molecular complexity index is 875. The molecule has 1 aliphatic heterocycles. The van der Waals surface area contributed by atoms with E-state index in [2.05, 4.69) is 10.3 Å². The molecule has 0 aromatic heterocycles. The maximum Gasteiger partial charge on any atom is 0.283 e. The lowest BCUT2D eigenvalue weighted by Gasteiger charge is -2.16. The molecule has 1 unspecified atom stereocenters. The number of carbonyl (C=O) groups is 1. The van der Waals surface area contributed by atoms with Gasteiger partial charge in [-0.25, -0.2) is 4.99 Å². The number of amides is 1. The van der Waals surface area contributed by atoms with Gasteiger partial charge in [0.05, 0.1) is 21.1 Å². The summed E-state index contributed by atoms with van der Waals surface area (Å²) in [6, 6.07) is 10.3. The van der Waals surface area contributed by atoms with Crippen LogP contribution in [0.25, 0.3) is 5.70 Å². The van der Waals surface area contributed by atoms with Gasteiger partial charge < -0.3 is 11.1 Å². The normalized spacial score (nSPS) is 16.6. The number of nitrogens with one attached hydrogen (secondary N) is 1. The molecule has 0 radical (unpaired) electrons. The number of nitrogens with two attached hydrogens (primary N) is 1. The van der Waals surface area contributed by atoms with Gasteiger partial charge in [-0.1, -0.05) is 53.0 Å². The third-order valence-corrected chi connectivity index (χ3v) is 4.04. The van der Waals surface area contributed by atoms with Crippen LogP contribution in [0.2, 0.25) is 15.1 Å². The van der Waals surface area contributed by atoms with Gasteiger partial charge in [-0.05, 0) is 18.2 Å². The van der Waals surface area contributed by atoms with Crippen LogP contribution >= 0.6 is 47.2 Å². The van der Waals surface area contributed by atoms with Crippen molar-refractivity contribution in [2.24, 2.45) is 10.7 Å². The molecule has 3 rings (SSSR count). The van der Waals surface area contributed by atoms with Crippen molar-refractivity contribution in [1.82, 2.24) is 5.32 Å². The van der Waals surface area contributed by atoms with E-state index in [0.29, 0.717) is 36.9 Å². The number of hydrogen-bond acceptors (Lipinski definition) is 3. The number of hydrogen-bond donors (Lipinski definition) is 2. The maximum absolute atomic E-state index is 11.9.